The first-order valence-corrected chi connectivity index (χ1v) is 9.91. The maximum atomic E-state index is 12.7. The van der Waals surface area contributed by atoms with Crippen LogP contribution in [-0.2, 0) is 9.59 Å². The minimum Gasteiger partial charge on any atom is -0.324 e. The monoisotopic (exact) mass is 426 g/mol. The van der Waals surface area contributed by atoms with Crippen molar-refractivity contribution in [2.45, 2.75) is 46.1 Å². The van der Waals surface area contributed by atoms with Crippen molar-refractivity contribution in [2.24, 2.45) is 5.41 Å². The van der Waals surface area contributed by atoms with Crippen molar-refractivity contribution in [3.05, 3.63) is 29.3 Å². The number of nitrogens with zero attached hydrogens (tertiary/aromatic N) is 1. The molecule has 0 saturated carbocycles. The number of hydroxylamine groups is 1. The Morgan fingerprint density at radius 3 is 2.48 bits per heavy atom. The third-order valence-corrected chi connectivity index (χ3v) is 4.99. The largest absolute Gasteiger partial charge is 0.324 e. The first-order valence-electron chi connectivity index (χ1n) is 9.53. The van der Waals surface area contributed by atoms with E-state index in [1.807, 2.05) is 27.7 Å². The van der Waals surface area contributed by atoms with E-state index in [0.29, 0.717) is 23.5 Å². The van der Waals surface area contributed by atoms with Crippen LogP contribution in [0, 0.1) is 5.41 Å². The molecule has 0 unspecified atom stereocenters. The summed E-state index contributed by atoms with van der Waals surface area (Å²) in [7, 11) is 0. The van der Waals surface area contributed by atoms with Gasteiger partial charge in [-0.3, -0.25) is 14.9 Å². The van der Waals surface area contributed by atoms with Crippen LogP contribution in [0.5, 0.6) is 0 Å². The molecular weight excluding hydrogens is 396 g/mol. The molecule has 1 aromatic rings. The smallest absolute Gasteiger partial charge is 0.320 e. The summed E-state index contributed by atoms with van der Waals surface area (Å²) < 4.78 is 0. The molecule has 0 spiro atoms. The lowest BCUT2D eigenvalue weighted by molar-refractivity contribution is -0.131. The number of hydrogen-bond acceptors (Lipinski definition) is 5. The second-order valence-electron chi connectivity index (χ2n) is 8.03. The number of anilines is 1. The lowest BCUT2D eigenvalue weighted by atomic mass is 9.74. The summed E-state index contributed by atoms with van der Waals surface area (Å²) in [6, 6.07) is 6.11. The number of urea groups is 1. The van der Waals surface area contributed by atoms with Gasteiger partial charge in [0.1, 0.15) is 11.8 Å². The van der Waals surface area contributed by atoms with Crippen LogP contribution in [0.25, 0.3) is 0 Å². The maximum absolute atomic E-state index is 12.7. The molecule has 0 aliphatic rings. The highest BCUT2D eigenvalue weighted by molar-refractivity contribution is 6.30. The third kappa shape index (κ3) is 7.64. The molecule has 29 heavy (non-hydrogen) atoms. The fourth-order valence-electron chi connectivity index (χ4n) is 2.83. The number of aldehydes is 1. The average Bonchev–Trinajstić information content (AvgIpc) is 2.64. The van der Waals surface area contributed by atoms with Crippen molar-refractivity contribution in [1.29, 1.82) is 0 Å². The van der Waals surface area contributed by atoms with Gasteiger partial charge >= 0.3 is 6.03 Å². The SMILES string of the molecule is CCCCN(CC(=O)NO)C[C@](C=O)(NC(=O)Nc1cccc(Cl)c1)C(C)(C)C. The Balaban J connectivity index is 3.07. The van der Waals surface area contributed by atoms with Crippen LogP contribution in [0.3, 0.4) is 0 Å². The number of rotatable bonds is 10. The Kier molecular flexibility index (Phi) is 9.55. The van der Waals surface area contributed by atoms with E-state index < -0.39 is 22.9 Å². The highest BCUT2D eigenvalue weighted by Crippen LogP contribution is 2.30. The zero-order valence-corrected chi connectivity index (χ0v) is 18.2. The normalized spacial score (nSPS) is 13.5. The van der Waals surface area contributed by atoms with E-state index in [4.69, 9.17) is 16.8 Å². The topological polar surface area (TPSA) is 111 Å². The fraction of sp³-hybridized carbons (Fsp3) is 0.550. The lowest BCUT2D eigenvalue weighted by Gasteiger charge is -2.43. The Hall–Kier alpha value is -2.16. The molecule has 0 aliphatic carbocycles. The summed E-state index contributed by atoms with van der Waals surface area (Å²) in [6.45, 7) is 8.07. The van der Waals surface area contributed by atoms with Crippen molar-refractivity contribution < 1.29 is 19.6 Å². The van der Waals surface area contributed by atoms with E-state index in [2.05, 4.69) is 10.6 Å². The number of halogens is 1. The first kappa shape index (κ1) is 24.9. The molecule has 1 atom stereocenters. The van der Waals surface area contributed by atoms with Gasteiger partial charge in [-0.1, -0.05) is 51.8 Å². The van der Waals surface area contributed by atoms with E-state index in [1.54, 1.807) is 34.6 Å². The van der Waals surface area contributed by atoms with Crippen molar-refractivity contribution in [2.75, 3.05) is 25.0 Å². The number of benzene rings is 1. The van der Waals surface area contributed by atoms with Gasteiger partial charge in [0.25, 0.3) is 5.91 Å². The van der Waals surface area contributed by atoms with Gasteiger partial charge in [0.05, 0.1) is 6.54 Å². The number of carbonyl (C=O) groups is 3. The van der Waals surface area contributed by atoms with Gasteiger partial charge in [-0.2, -0.15) is 0 Å². The Morgan fingerprint density at radius 1 is 1.28 bits per heavy atom. The molecule has 0 heterocycles. The van der Waals surface area contributed by atoms with E-state index in [-0.39, 0.29) is 13.1 Å². The Bertz CT molecular complexity index is 708. The highest BCUT2D eigenvalue weighted by atomic mass is 35.5. The average molecular weight is 427 g/mol. The molecule has 0 radical (unpaired) electrons. The molecule has 162 valence electrons. The van der Waals surface area contributed by atoms with Crippen LogP contribution in [0.1, 0.15) is 40.5 Å². The number of amides is 3. The number of hydrogen-bond donors (Lipinski definition) is 4. The predicted molar refractivity (Wildman–Crippen MR) is 113 cm³/mol. The van der Waals surface area contributed by atoms with E-state index in [1.165, 1.54) is 0 Å². The lowest BCUT2D eigenvalue weighted by Crippen LogP contribution is -2.65. The Labute approximate surface area is 176 Å². The van der Waals surface area contributed by atoms with Crippen LogP contribution in [-0.4, -0.2) is 53.5 Å². The Morgan fingerprint density at radius 2 is 1.97 bits per heavy atom. The van der Waals surface area contributed by atoms with Gasteiger partial charge in [0.15, 0.2) is 0 Å². The van der Waals surface area contributed by atoms with Crippen LogP contribution in [0.15, 0.2) is 24.3 Å². The van der Waals surface area contributed by atoms with E-state index >= 15 is 0 Å². The first-order chi connectivity index (χ1) is 13.6. The molecule has 0 aliphatic heterocycles. The summed E-state index contributed by atoms with van der Waals surface area (Å²) in [5.74, 6) is -0.585. The van der Waals surface area contributed by atoms with Crippen molar-refractivity contribution >= 4 is 35.5 Å². The fourth-order valence-corrected chi connectivity index (χ4v) is 3.02. The quantitative estimate of drug-likeness (QED) is 0.261. The maximum Gasteiger partial charge on any atom is 0.320 e. The molecule has 8 nitrogen and oxygen atoms in total. The second-order valence-corrected chi connectivity index (χ2v) is 8.46. The molecule has 0 saturated heterocycles. The minimum atomic E-state index is -1.28. The van der Waals surface area contributed by atoms with Gasteiger partial charge in [-0.15, -0.1) is 0 Å². The van der Waals surface area contributed by atoms with Gasteiger partial charge < -0.3 is 15.4 Å². The van der Waals surface area contributed by atoms with Crippen molar-refractivity contribution in [1.82, 2.24) is 15.7 Å². The van der Waals surface area contributed by atoms with Crippen LogP contribution >= 0.6 is 11.6 Å². The molecule has 3 amide bonds. The van der Waals surface area contributed by atoms with E-state index in [9.17, 15) is 14.4 Å². The van der Waals surface area contributed by atoms with Gasteiger partial charge in [-0.25, -0.2) is 10.3 Å². The molecule has 1 rings (SSSR count). The molecule has 4 N–H and O–H groups in total. The third-order valence-electron chi connectivity index (χ3n) is 4.75. The molecular formula is C20H31ClN4O4. The predicted octanol–water partition coefficient (Wildman–Crippen LogP) is 3.05. The van der Waals surface area contributed by atoms with Crippen molar-refractivity contribution in [3.8, 4) is 0 Å². The number of carbonyl (C=O) groups excluding carboxylic acids is 3. The summed E-state index contributed by atoms with van der Waals surface area (Å²) in [6.07, 6.45) is 2.40. The highest BCUT2D eigenvalue weighted by Gasteiger charge is 2.45. The minimum absolute atomic E-state index is 0.0975. The molecule has 0 aromatic heterocycles. The molecule has 1 aromatic carbocycles. The summed E-state index contributed by atoms with van der Waals surface area (Å²) >= 11 is 5.95. The zero-order chi connectivity index (χ0) is 22.1. The molecule has 0 fully saturated rings. The second kappa shape index (κ2) is 11.1. The van der Waals surface area contributed by atoms with Crippen LogP contribution in [0.4, 0.5) is 10.5 Å². The summed E-state index contributed by atoms with van der Waals surface area (Å²) in [4.78, 5) is 38.3. The molecule has 9 heteroatoms. The van der Waals surface area contributed by atoms with Crippen molar-refractivity contribution in [3.63, 3.8) is 0 Å². The number of nitrogens with one attached hydrogen (secondary N) is 3. The van der Waals surface area contributed by atoms with E-state index in [0.717, 1.165) is 12.8 Å². The summed E-state index contributed by atoms with van der Waals surface area (Å²) in [5.41, 5.74) is 0.173. The standard InChI is InChI=1S/C20H31ClN4O4/c1-5-6-10-25(12-17(27)24-29)13-20(14-26,19(2,3)4)23-18(28)22-16-9-7-8-15(21)11-16/h7-9,11,14,29H,5-6,10,12-13H2,1-4H3,(H,24,27)(H2,22,23,28)/t20-/m1/s1. The van der Waals surface area contributed by atoms with Gasteiger partial charge in [0, 0.05) is 17.3 Å². The summed E-state index contributed by atoms with van der Waals surface area (Å²) in [5, 5.41) is 14.8. The van der Waals surface area contributed by atoms with Crippen LogP contribution in [0.2, 0.25) is 5.02 Å². The van der Waals surface area contributed by atoms with Gasteiger partial charge in [-0.05, 0) is 36.6 Å². The van der Waals surface area contributed by atoms with Crippen LogP contribution < -0.4 is 16.1 Å². The van der Waals surface area contributed by atoms with Gasteiger partial charge in [0.2, 0.25) is 0 Å². The number of unbranched alkanes of at least 4 members (excludes halogenated alkanes) is 1. The molecule has 0 bridgehead atoms. The zero-order valence-electron chi connectivity index (χ0n) is 17.4.